The smallest absolute Gasteiger partial charge is 0.263 e. The lowest BCUT2D eigenvalue weighted by Crippen LogP contribution is -2.22. The molecule has 0 bridgehead atoms. The Bertz CT molecular complexity index is 704. The van der Waals surface area contributed by atoms with Gasteiger partial charge >= 0.3 is 0 Å². The molecule has 1 saturated heterocycles. The van der Waals surface area contributed by atoms with Gasteiger partial charge in [0.25, 0.3) is 5.91 Å². The van der Waals surface area contributed by atoms with E-state index < -0.39 is 0 Å². The Hall–Kier alpha value is -1.59. The number of rotatable bonds is 1. The van der Waals surface area contributed by atoms with Gasteiger partial charge in [-0.3, -0.25) is 4.79 Å². The number of amides is 1. The fourth-order valence-corrected chi connectivity index (χ4v) is 3.88. The second-order valence-corrected chi connectivity index (χ2v) is 7.35. The predicted molar refractivity (Wildman–Crippen MR) is 92.4 cm³/mol. The molecule has 5 heteroatoms. The lowest BCUT2D eigenvalue weighted by atomic mass is 9.84. The van der Waals surface area contributed by atoms with E-state index in [4.69, 9.17) is 12.2 Å². The van der Waals surface area contributed by atoms with E-state index in [-0.39, 0.29) is 11.3 Å². The molecule has 0 radical (unpaired) electrons. The van der Waals surface area contributed by atoms with E-state index in [9.17, 15) is 4.79 Å². The molecule has 2 aliphatic heterocycles. The zero-order valence-corrected chi connectivity index (χ0v) is 13.8. The van der Waals surface area contributed by atoms with Crippen LogP contribution in [0, 0.1) is 0 Å². The second-order valence-electron chi connectivity index (χ2n) is 5.63. The van der Waals surface area contributed by atoms with Crippen molar-refractivity contribution in [3.8, 4) is 0 Å². The Morgan fingerprint density at radius 3 is 2.62 bits per heavy atom. The first-order valence-corrected chi connectivity index (χ1v) is 7.92. The highest BCUT2D eigenvalue weighted by molar-refractivity contribution is 8.26. The molecule has 0 aromatic heterocycles. The van der Waals surface area contributed by atoms with Crippen molar-refractivity contribution in [3.63, 3.8) is 0 Å². The van der Waals surface area contributed by atoms with Crippen LogP contribution < -0.4 is 10.2 Å². The van der Waals surface area contributed by atoms with Gasteiger partial charge in [-0.2, -0.15) is 0 Å². The first-order valence-electron chi connectivity index (χ1n) is 6.70. The quantitative estimate of drug-likeness (QED) is 0.636. The molecule has 1 fully saturated rings. The van der Waals surface area contributed by atoms with Crippen LogP contribution >= 0.6 is 24.0 Å². The van der Waals surface area contributed by atoms with E-state index in [1.165, 1.54) is 28.7 Å². The van der Waals surface area contributed by atoms with Crippen molar-refractivity contribution in [2.75, 3.05) is 11.9 Å². The van der Waals surface area contributed by atoms with Crippen LogP contribution in [-0.2, 0) is 10.2 Å². The summed E-state index contributed by atoms with van der Waals surface area (Å²) in [5.41, 5.74) is 3.60. The summed E-state index contributed by atoms with van der Waals surface area (Å²) in [6.45, 7) is 4.40. The van der Waals surface area contributed by atoms with Gasteiger partial charge in [0.1, 0.15) is 4.32 Å². The van der Waals surface area contributed by atoms with Crippen LogP contribution in [0.3, 0.4) is 0 Å². The minimum atomic E-state index is -0.113. The van der Waals surface area contributed by atoms with E-state index in [1.807, 2.05) is 18.2 Å². The molecule has 1 amide bonds. The third-order valence-corrected chi connectivity index (χ3v) is 5.16. The van der Waals surface area contributed by atoms with Crippen molar-refractivity contribution in [2.45, 2.75) is 19.3 Å². The maximum atomic E-state index is 11.7. The molecule has 0 aliphatic carbocycles. The van der Waals surface area contributed by atoms with Crippen molar-refractivity contribution >= 4 is 39.9 Å². The molecular weight excluding hydrogens is 300 g/mol. The molecule has 1 aromatic rings. The maximum absolute atomic E-state index is 11.7. The van der Waals surface area contributed by atoms with Crippen molar-refractivity contribution in [1.82, 2.24) is 5.32 Å². The highest BCUT2D eigenvalue weighted by atomic mass is 32.2. The normalized spacial score (nSPS) is 23.9. The third kappa shape index (κ3) is 2.30. The summed E-state index contributed by atoms with van der Waals surface area (Å²) < 4.78 is 0.520. The van der Waals surface area contributed by atoms with Gasteiger partial charge < -0.3 is 10.2 Å². The average molecular weight is 316 g/mol. The number of benzene rings is 1. The van der Waals surface area contributed by atoms with Crippen LogP contribution in [0.25, 0.3) is 0 Å². The van der Waals surface area contributed by atoms with Crippen molar-refractivity contribution < 1.29 is 4.79 Å². The molecule has 1 N–H and O–H groups in total. The monoisotopic (exact) mass is 316 g/mol. The molecule has 0 saturated carbocycles. The van der Waals surface area contributed by atoms with Gasteiger partial charge in [-0.05, 0) is 23.8 Å². The van der Waals surface area contributed by atoms with Crippen molar-refractivity contribution in [2.24, 2.45) is 0 Å². The van der Waals surface area contributed by atoms with Crippen molar-refractivity contribution in [1.29, 1.82) is 0 Å². The number of thiocarbonyl (C=S) groups is 1. The summed E-state index contributed by atoms with van der Waals surface area (Å²) in [7, 11) is 2.06. The van der Waals surface area contributed by atoms with Crippen LogP contribution in [0.1, 0.15) is 19.4 Å². The zero-order valence-electron chi connectivity index (χ0n) is 12.1. The SMILES string of the molecule is CN1/C(=C\C=C2/SC(=S)NC2=O)C(C)(C)c2ccccc21. The first-order chi connectivity index (χ1) is 9.91. The van der Waals surface area contributed by atoms with Gasteiger partial charge in [-0.15, -0.1) is 0 Å². The molecule has 0 unspecified atom stereocenters. The second kappa shape index (κ2) is 5.00. The molecule has 108 valence electrons. The number of nitrogens with zero attached hydrogens (tertiary/aromatic N) is 1. The number of nitrogens with one attached hydrogen (secondary N) is 1. The number of anilines is 1. The number of hydrogen-bond acceptors (Lipinski definition) is 4. The zero-order chi connectivity index (χ0) is 15.2. The number of para-hydroxylation sites is 1. The summed E-state index contributed by atoms with van der Waals surface area (Å²) >= 11 is 6.32. The van der Waals surface area contributed by atoms with Crippen LogP contribution in [0.5, 0.6) is 0 Å². The molecule has 0 atom stereocenters. The topological polar surface area (TPSA) is 32.3 Å². The Morgan fingerprint density at radius 2 is 2.00 bits per heavy atom. The fraction of sp³-hybridized carbons (Fsp3) is 0.250. The Balaban J connectivity index is 2.01. The summed E-state index contributed by atoms with van der Waals surface area (Å²) in [6.07, 6.45) is 3.88. The largest absolute Gasteiger partial charge is 0.347 e. The number of carbonyl (C=O) groups is 1. The van der Waals surface area contributed by atoms with E-state index in [2.05, 4.69) is 49.3 Å². The molecule has 3 rings (SSSR count). The molecule has 1 aromatic carbocycles. The summed E-state index contributed by atoms with van der Waals surface area (Å²) in [4.78, 5) is 14.5. The summed E-state index contributed by atoms with van der Waals surface area (Å²) in [5.74, 6) is -0.113. The Morgan fingerprint density at radius 1 is 1.29 bits per heavy atom. The molecule has 3 nitrogen and oxygen atoms in total. The third-order valence-electron chi connectivity index (χ3n) is 3.98. The minimum absolute atomic E-state index is 0.0807. The van der Waals surface area contributed by atoms with Crippen molar-refractivity contribution in [3.05, 3.63) is 52.6 Å². The van der Waals surface area contributed by atoms with Crippen LogP contribution in [-0.4, -0.2) is 17.3 Å². The van der Waals surface area contributed by atoms with Gasteiger partial charge in [-0.1, -0.05) is 56.0 Å². The number of likely N-dealkylation sites (N-methyl/N-ethyl adjacent to an activating group) is 1. The van der Waals surface area contributed by atoms with E-state index in [0.717, 1.165) is 0 Å². The molecule has 2 aliphatic rings. The maximum Gasteiger partial charge on any atom is 0.263 e. The predicted octanol–water partition coefficient (Wildman–Crippen LogP) is 3.33. The number of carbonyl (C=O) groups excluding carboxylic acids is 1. The standard InChI is InChI=1S/C16H16N2OS2/c1-16(2)10-6-4-5-7-11(10)18(3)13(16)9-8-12-14(19)17-15(20)21-12/h4-9H,1-3H3,(H,17,19,20)/b12-8-,13-9-. The van der Waals surface area contributed by atoms with Crippen LogP contribution in [0.15, 0.2) is 47.0 Å². The van der Waals surface area contributed by atoms with Gasteiger partial charge in [0.05, 0.1) is 4.91 Å². The first kappa shape index (κ1) is 14.4. The van der Waals surface area contributed by atoms with Gasteiger partial charge in [0.2, 0.25) is 0 Å². The van der Waals surface area contributed by atoms with E-state index in [1.54, 1.807) is 0 Å². The minimum Gasteiger partial charge on any atom is -0.347 e. The highest BCUT2D eigenvalue weighted by Gasteiger charge is 2.37. The molecule has 21 heavy (non-hydrogen) atoms. The Labute approximate surface area is 134 Å². The van der Waals surface area contributed by atoms with Crippen LogP contribution in [0.2, 0.25) is 0 Å². The Kier molecular flexibility index (Phi) is 3.42. The van der Waals surface area contributed by atoms with Gasteiger partial charge in [-0.25, -0.2) is 0 Å². The highest BCUT2D eigenvalue weighted by Crippen LogP contribution is 2.46. The molecule has 0 spiro atoms. The number of hydrogen-bond donors (Lipinski definition) is 1. The molecular formula is C16H16N2OS2. The average Bonchev–Trinajstić information content (AvgIpc) is 2.85. The van der Waals surface area contributed by atoms with Crippen LogP contribution in [0.4, 0.5) is 5.69 Å². The number of fused-ring (bicyclic) bond motifs is 1. The summed E-state index contributed by atoms with van der Waals surface area (Å²) in [6, 6.07) is 8.39. The van der Waals surface area contributed by atoms with E-state index in [0.29, 0.717) is 9.23 Å². The van der Waals surface area contributed by atoms with Gasteiger partial charge in [0.15, 0.2) is 0 Å². The van der Waals surface area contributed by atoms with E-state index >= 15 is 0 Å². The lowest BCUT2D eigenvalue weighted by molar-refractivity contribution is -0.115. The van der Waals surface area contributed by atoms with Gasteiger partial charge in [0, 0.05) is 23.8 Å². The lowest BCUT2D eigenvalue weighted by Gasteiger charge is -2.23. The summed E-state index contributed by atoms with van der Waals surface area (Å²) in [5, 5.41) is 2.64. The molecule has 2 heterocycles. The fourth-order valence-electron chi connectivity index (χ4n) is 2.89. The number of allylic oxidation sites excluding steroid dienone is 3. The number of thioether (sulfide) groups is 1.